The highest BCUT2D eigenvalue weighted by molar-refractivity contribution is 6.24. The first-order valence-corrected chi connectivity index (χ1v) is 19.9. The minimum atomic E-state index is 0.669. The fraction of sp³-hybridized carbons (Fsp3) is 0. The number of para-hydroxylation sites is 1. The Morgan fingerprint density at radius 2 is 0.983 bits per heavy atom. The molecule has 0 atom stereocenters. The van der Waals surface area contributed by atoms with Crippen molar-refractivity contribution in [1.29, 1.82) is 0 Å². The molecule has 0 radical (unpaired) electrons. The Morgan fingerprint density at radius 1 is 0.390 bits per heavy atom. The van der Waals surface area contributed by atoms with Crippen LogP contribution in [0.25, 0.3) is 117 Å². The van der Waals surface area contributed by atoms with E-state index >= 15 is 0 Å². The molecule has 0 bridgehead atoms. The molecular weight excluding hydrogens is 719 g/mol. The predicted molar refractivity (Wildman–Crippen MR) is 241 cm³/mol. The topological polar surface area (TPSA) is 56.5 Å². The molecule has 0 amide bonds. The maximum absolute atomic E-state index is 5.21. The van der Waals surface area contributed by atoms with E-state index in [4.69, 9.17) is 9.97 Å². The number of pyridine rings is 2. The van der Waals surface area contributed by atoms with Crippen LogP contribution in [-0.4, -0.2) is 24.5 Å². The second-order valence-electron chi connectivity index (χ2n) is 15.1. The number of nitrogens with zero attached hydrogens (tertiary/aromatic N) is 5. The summed E-state index contributed by atoms with van der Waals surface area (Å²) in [5.41, 5.74) is 17.7. The van der Waals surface area contributed by atoms with Gasteiger partial charge in [-0.3, -0.25) is 9.97 Å². The van der Waals surface area contributed by atoms with Gasteiger partial charge in [0.25, 0.3) is 0 Å². The number of rotatable bonds is 6. The zero-order valence-electron chi connectivity index (χ0n) is 31.8. The highest BCUT2D eigenvalue weighted by atomic mass is 15.0. The first-order valence-electron chi connectivity index (χ1n) is 19.9. The number of benzene rings is 7. The monoisotopic (exact) mass is 751 g/mol. The molecule has 274 valence electrons. The lowest BCUT2D eigenvalue weighted by atomic mass is 10.00. The fourth-order valence-electron chi connectivity index (χ4n) is 8.96. The van der Waals surface area contributed by atoms with Crippen molar-refractivity contribution < 1.29 is 0 Å². The minimum Gasteiger partial charge on any atom is -0.309 e. The van der Waals surface area contributed by atoms with Crippen LogP contribution in [0.15, 0.2) is 201 Å². The van der Waals surface area contributed by atoms with Crippen LogP contribution in [-0.2, 0) is 0 Å². The molecule has 5 heteroatoms. The van der Waals surface area contributed by atoms with Crippen LogP contribution in [0, 0.1) is 0 Å². The largest absolute Gasteiger partial charge is 0.309 e. The molecule has 12 rings (SSSR count). The summed E-state index contributed by atoms with van der Waals surface area (Å²) in [6.45, 7) is 0. The molecule has 0 aliphatic heterocycles. The third-order valence-electron chi connectivity index (χ3n) is 11.8. The molecule has 0 saturated carbocycles. The smallest absolute Gasteiger partial charge is 0.160 e. The number of aromatic nitrogens is 5. The van der Waals surface area contributed by atoms with Gasteiger partial charge in [0.1, 0.15) is 0 Å². The van der Waals surface area contributed by atoms with Crippen LogP contribution >= 0.6 is 0 Å². The molecule has 1 aliphatic carbocycles. The fourth-order valence-corrected chi connectivity index (χ4v) is 8.96. The predicted octanol–water partition coefficient (Wildman–Crippen LogP) is 13.5. The lowest BCUT2D eigenvalue weighted by Crippen LogP contribution is -1.98. The van der Waals surface area contributed by atoms with Crippen LogP contribution in [0.1, 0.15) is 0 Å². The van der Waals surface area contributed by atoms with Crippen LogP contribution in [0.4, 0.5) is 0 Å². The van der Waals surface area contributed by atoms with Gasteiger partial charge >= 0.3 is 0 Å². The van der Waals surface area contributed by atoms with Gasteiger partial charge in [-0.05, 0) is 86.1 Å². The van der Waals surface area contributed by atoms with Gasteiger partial charge < -0.3 is 4.57 Å². The second kappa shape index (κ2) is 13.3. The van der Waals surface area contributed by atoms with Crippen molar-refractivity contribution in [3.8, 4) is 84.1 Å². The van der Waals surface area contributed by atoms with Crippen LogP contribution in [0.5, 0.6) is 0 Å². The summed E-state index contributed by atoms with van der Waals surface area (Å²) >= 11 is 0. The molecular formula is C54H33N5. The lowest BCUT2D eigenvalue weighted by Gasteiger charge is -2.13. The van der Waals surface area contributed by atoms with Crippen molar-refractivity contribution in [2.75, 3.05) is 0 Å². The van der Waals surface area contributed by atoms with E-state index in [9.17, 15) is 0 Å². The van der Waals surface area contributed by atoms with E-state index in [1.54, 1.807) is 12.4 Å². The zero-order chi connectivity index (χ0) is 38.9. The van der Waals surface area contributed by atoms with Crippen molar-refractivity contribution in [3.05, 3.63) is 201 Å². The SMILES string of the molecule is c1cncc(-c2ccc(-c3cc(-c4ccc(-n5c6ccccc6c6ccc7c(c65)-c5cccc6cccc-7c56)cc4)nc(-c4ccc(-c5cccnc5)cc4)n3)cc2)c1. The van der Waals surface area contributed by atoms with Crippen molar-refractivity contribution >= 4 is 32.6 Å². The lowest BCUT2D eigenvalue weighted by molar-refractivity contribution is 1.17. The first-order chi connectivity index (χ1) is 29.2. The van der Waals surface area contributed by atoms with E-state index in [0.29, 0.717) is 5.82 Å². The average molecular weight is 752 g/mol. The number of hydrogen-bond acceptors (Lipinski definition) is 4. The van der Waals surface area contributed by atoms with Gasteiger partial charge in [0.2, 0.25) is 0 Å². The molecule has 0 N–H and O–H groups in total. The third kappa shape index (κ3) is 5.40. The molecule has 0 saturated heterocycles. The van der Waals surface area contributed by atoms with Crippen LogP contribution in [0.2, 0.25) is 0 Å². The Hall–Kier alpha value is -8.02. The van der Waals surface area contributed by atoms with E-state index in [1.165, 1.54) is 54.8 Å². The zero-order valence-corrected chi connectivity index (χ0v) is 31.8. The molecule has 1 aliphatic rings. The van der Waals surface area contributed by atoms with Gasteiger partial charge in [-0.15, -0.1) is 0 Å². The molecule has 4 aromatic heterocycles. The molecule has 5 nitrogen and oxygen atoms in total. The number of hydrogen-bond donors (Lipinski definition) is 0. The number of fused-ring (bicyclic) bond motifs is 7. The summed E-state index contributed by atoms with van der Waals surface area (Å²) in [6.07, 6.45) is 7.37. The maximum Gasteiger partial charge on any atom is 0.160 e. The quantitative estimate of drug-likeness (QED) is 0.170. The van der Waals surface area contributed by atoms with E-state index in [1.807, 2.05) is 24.5 Å². The first kappa shape index (κ1) is 33.2. The Morgan fingerprint density at radius 3 is 1.63 bits per heavy atom. The average Bonchev–Trinajstić information content (AvgIpc) is 3.83. The van der Waals surface area contributed by atoms with Gasteiger partial charge in [0, 0.05) is 63.5 Å². The maximum atomic E-state index is 5.21. The highest BCUT2D eigenvalue weighted by Gasteiger charge is 2.27. The van der Waals surface area contributed by atoms with Gasteiger partial charge in [-0.1, -0.05) is 140 Å². The molecule has 0 fully saturated rings. The normalized spacial score (nSPS) is 11.7. The van der Waals surface area contributed by atoms with Crippen LogP contribution in [0.3, 0.4) is 0 Å². The van der Waals surface area contributed by atoms with Gasteiger partial charge in [-0.2, -0.15) is 0 Å². The van der Waals surface area contributed by atoms with Crippen molar-refractivity contribution in [2.45, 2.75) is 0 Å². The summed E-state index contributed by atoms with van der Waals surface area (Å²) in [4.78, 5) is 19.0. The van der Waals surface area contributed by atoms with E-state index in [0.717, 1.165) is 56.0 Å². The molecule has 59 heavy (non-hydrogen) atoms. The highest BCUT2D eigenvalue weighted by Crippen LogP contribution is 2.52. The van der Waals surface area contributed by atoms with E-state index < -0.39 is 0 Å². The summed E-state index contributed by atoms with van der Waals surface area (Å²) in [7, 11) is 0. The second-order valence-corrected chi connectivity index (χ2v) is 15.1. The van der Waals surface area contributed by atoms with Crippen molar-refractivity contribution in [2.24, 2.45) is 0 Å². The van der Waals surface area contributed by atoms with E-state index in [2.05, 4.69) is 178 Å². The standard InChI is InChI=1S/C54H33N5/c1-2-14-50-43(11-1)46-28-27-45-44-12-3-7-38-8-4-13-47(51(38)44)52(45)53(46)59(50)42-25-23-37(24-26-42)49-31-48(36-19-15-34(16-20-36)40-9-5-29-55-32-40)57-54(58-49)39-21-17-35(18-22-39)41-10-6-30-56-33-41/h1-33H. The summed E-state index contributed by atoms with van der Waals surface area (Å²) in [5.74, 6) is 0.669. The third-order valence-corrected chi connectivity index (χ3v) is 11.8. The molecule has 4 heterocycles. The minimum absolute atomic E-state index is 0.669. The molecule has 0 spiro atoms. The summed E-state index contributed by atoms with van der Waals surface area (Å²) in [6, 6.07) is 62.7. The summed E-state index contributed by atoms with van der Waals surface area (Å²) in [5, 5.41) is 5.10. The Labute approximate surface area is 340 Å². The molecule has 7 aromatic carbocycles. The van der Waals surface area contributed by atoms with Gasteiger partial charge in [-0.25, -0.2) is 9.97 Å². The Bertz CT molecular complexity index is 3280. The van der Waals surface area contributed by atoms with E-state index in [-0.39, 0.29) is 0 Å². The van der Waals surface area contributed by atoms with Crippen molar-refractivity contribution in [3.63, 3.8) is 0 Å². The Balaban J connectivity index is 0.993. The van der Waals surface area contributed by atoms with Gasteiger partial charge in [0.05, 0.1) is 22.4 Å². The molecule has 11 aromatic rings. The summed E-state index contributed by atoms with van der Waals surface area (Å²) < 4.78 is 2.45. The van der Waals surface area contributed by atoms with Crippen molar-refractivity contribution in [1.82, 2.24) is 24.5 Å². The van der Waals surface area contributed by atoms with Crippen LogP contribution < -0.4 is 0 Å². The van der Waals surface area contributed by atoms with Gasteiger partial charge in [0.15, 0.2) is 5.82 Å². The molecule has 0 unspecified atom stereocenters. The Kier molecular flexibility index (Phi) is 7.47.